The largest absolute Gasteiger partial charge is 0.437 e. The van der Waals surface area contributed by atoms with Crippen molar-refractivity contribution in [2.75, 3.05) is 0 Å². The molecule has 2 aromatic heterocycles. The molecule has 4 nitrogen and oxygen atoms in total. The fourth-order valence-corrected chi connectivity index (χ4v) is 2.00. The molecule has 3 rings (SSSR count). The summed E-state index contributed by atoms with van der Waals surface area (Å²) in [5, 5.41) is 0. The van der Waals surface area contributed by atoms with Crippen LogP contribution in [0.5, 0.6) is 0 Å². The number of pyridine rings is 1. The Kier molecular flexibility index (Phi) is 1.86. The molecule has 1 unspecified atom stereocenters. The summed E-state index contributed by atoms with van der Waals surface area (Å²) in [6.07, 6.45) is 2.33. The fourth-order valence-electron chi connectivity index (χ4n) is 2.00. The molecule has 0 saturated heterocycles. The Morgan fingerprint density at radius 3 is 2.81 bits per heavy atom. The molecule has 1 atom stereocenters. The van der Waals surface area contributed by atoms with Crippen LogP contribution in [0.3, 0.4) is 0 Å². The molecule has 0 aliphatic heterocycles. The molecular weight excluding hydrogens is 202 g/mol. The van der Waals surface area contributed by atoms with Crippen molar-refractivity contribution in [1.82, 2.24) is 9.97 Å². The van der Waals surface area contributed by atoms with E-state index in [2.05, 4.69) is 9.97 Å². The van der Waals surface area contributed by atoms with Gasteiger partial charge in [-0.3, -0.25) is 0 Å². The Bertz CT molecular complexity index is 540. The van der Waals surface area contributed by atoms with Crippen LogP contribution in [-0.4, -0.2) is 9.97 Å². The first-order valence-electron chi connectivity index (χ1n) is 5.61. The first-order chi connectivity index (χ1) is 7.57. The third kappa shape index (κ3) is 1.41. The average molecular weight is 217 g/mol. The Balaban J connectivity index is 2.11. The number of hydrogen-bond donors (Lipinski definition) is 1. The Labute approximate surface area is 93.9 Å². The lowest BCUT2D eigenvalue weighted by Crippen LogP contribution is -2.35. The van der Waals surface area contributed by atoms with Gasteiger partial charge in [0.25, 0.3) is 0 Å². The minimum Gasteiger partial charge on any atom is -0.437 e. The predicted molar refractivity (Wildman–Crippen MR) is 60.8 cm³/mol. The molecule has 2 heterocycles. The average Bonchev–Trinajstić information content (AvgIpc) is 2.99. The fraction of sp³-hybridized carbons (Fsp3) is 0.500. The summed E-state index contributed by atoms with van der Waals surface area (Å²) >= 11 is 0. The maximum atomic E-state index is 6.26. The van der Waals surface area contributed by atoms with Crippen LogP contribution in [0.15, 0.2) is 16.5 Å². The van der Waals surface area contributed by atoms with E-state index in [9.17, 15) is 0 Å². The highest BCUT2D eigenvalue weighted by atomic mass is 16.4. The number of fused-ring (bicyclic) bond motifs is 1. The number of hydrogen-bond acceptors (Lipinski definition) is 4. The van der Waals surface area contributed by atoms with Crippen molar-refractivity contribution in [3.8, 4) is 0 Å². The third-order valence-corrected chi connectivity index (χ3v) is 3.28. The molecule has 0 aromatic carbocycles. The van der Waals surface area contributed by atoms with Gasteiger partial charge >= 0.3 is 0 Å². The molecule has 2 N–H and O–H groups in total. The standard InChI is InChI=1S/C12H15N3O/c1-7-3-6-9-10(14-7)15-11(16-9)12(2,13)8-4-5-8/h3,6,8H,4-5,13H2,1-2H3. The summed E-state index contributed by atoms with van der Waals surface area (Å²) in [6, 6.07) is 3.82. The van der Waals surface area contributed by atoms with Gasteiger partial charge in [0.05, 0.1) is 5.54 Å². The van der Waals surface area contributed by atoms with Crippen LogP contribution >= 0.6 is 0 Å². The van der Waals surface area contributed by atoms with Gasteiger partial charge in [-0.1, -0.05) is 0 Å². The molecule has 0 bridgehead atoms. The molecule has 2 aromatic rings. The van der Waals surface area contributed by atoms with Gasteiger partial charge in [0.2, 0.25) is 5.89 Å². The minimum absolute atomic E-state index is 0.450. The molecule has 1 fully saturated rings. The first-order valence-corrected chi connectivity index (χ1v) is 5.61. The van der Waals surface area contributed by atoms with E-state index in [0.717, 1.165) is 24.1 Å². The van der Waals surface area contributed by atoms with Gasteiger partial charge in [-0.25, -0.2) is 4.98 Å². The van der Waals surface area contributed by atoms with Crippen LogP contribution in [0.1, 0.15) is 31.4 Å². The van der Waals surface area contributed by atoms with Gasteiger partial charge in [-0.15, -0.1) is 0 Å². The molecule has 4 heteroatoms. The maximum absolute atomic E-state index is 6.26. The van der Waals surface area contributed by atoms with Gasteiger partial charge in [0, 0.05) is 5.69 Å². The zero-order valence-electron chi connectivity index (χ0n) is 9.53. The van der Waals surface area contributed by atoms with E-state index < -0.39 is 5.54 Å². The summed E-state index contributed by atoms with van der Waals surface area (Å²) in [6.45, 7) is 3.93. The van der Waals surface area contributed by atoms with E-state index in [1.165, 1.54) is 0 Å². The van der Waals surface area contributed by atoms with Crippen molar-refractivity contribution in [2.45, 2.75) is 32.2 Å². The summed E-state index contributed by atoms with van der Waals surface area (Å²) in [5.41, 5.74) is 8.13. The van der Waals surface area contributed by atoms with Gasteiger partial charge in [0.1, 0.15) is 0 Å². The van der Waals surface area contributed by atoms with Crippen molar-refractivity contribution in [1.29, 1.82) is 0 Å². The van der Waals surface area contributed by atoms with Crippen LogP contribution in [0.2, 0.25) is 0 Å². The third-order valence-electron chi connectivity index (χ3n) is 3.28. The van der Waals surface area contributed by atoms with Crippen LogP contribution in [0.4, 0.5) is 0 Å². The van der Waals surface area contributed by atoms with Crippen molar-refractivity contribution in [3.63, 3.8) is 0 Å². The maximum Gasteiger partial charge on any atom is 0.217 e. The van der Waals surface area contributed by atoms with Crippen molar-refractivity contribution >= 4 is 11.2 Å². The normalized spacial score (nSPS) is 19.9. The van der Waals surface area contributed by atoms with Crippen LogP contribution < -0.4 is 5.73 Å². The summed E-state index contributed by atoms with van der Waals surface area (Å²) < 4.78 is 5.69. The molecule has 1 aliphatic rings. The molecule has 0 radical (unpaired) electrons. The highest BCUT2D eigenvalue weighted by Crippen LogP contribution is 2.43. The Morgan fingerprint density at radius 1 is 1.38 bits per heavy atom. The van der Waals surface area contributed by atoms with Crippen LogP contribution in [0, 0.1) is 12.8 Å². The number of nitrogens with two attached hydrogens (primary N) is 1. The molecule has 0 amide bonds. The molecule has 1 aliphatic carbocycles. The van der Waals surface area contributed by atoms with Gasteiger partial charge < -0.3 is 10.2 Å². The Hall–Kier alpha value is -1.42. The highest BCUT2D eigenvalue weighted by Gasteiger charge is 2.43. The van der Waals surface area contributed by atoms with E-state index in [1.807, 2.05) is 26.0 Å². The van der Waals surface area contributed by atoms with E-state index in [4.69, 9.17) is 10.2 Å². The number of rotatable bonds is 2. The summed E-state index contributed by atoms with van der Waals surface area (Å²) in [4.78, 5) is 8.73. The monoisotopic (exact) mass is 217 g/mol. The van der Waals surface area contributed by atoms with E-state index >= 15 is 0 Å². The topological polar surface area (TPSA) is 64.9 Å². The van der Waals surface area contributed by atoms with Crippen molar-refractivity contribution < 1.29 is 4.42 Å². The molecule has 16 heavy (non-hydrogen) atoms. The van der Waals surface area contributed by atoms with Gasteiger partial charge in [-0.2, -0.15) is 4.98 Å². The number of aromatic nitrogens is 2. The SMILES string of the molecule is Cc1ccc2oc(C(C)(N)C3CC3)nc2n1. The van der Waals surface area contributed by atoms with E-state index in [-0.39, 0.29) is 0 Å². The highest BCUT2D eigenvalue weighted by molar-refractivity contribution is 5.67. The van der Waals surface area contributed by atoms with Gasteiger partial charge in [0.15, 0.2) is 11.2 Å². The zero-order chi connectivity index (χ0) is 11.3. The number of aryl methyl sites for hydroxylation is 1. The van der Waals surface area contributed by atoms with Gasteiger partial charge in [-0.05, 0) is 44.7 Å². The zero-order valence-corrected chi connectivity index (χ0v) is 9.53. The van der Waals surface area contributed by atoms with E-state index in [1.54, 1.807) is 0 Å². The summed E-state index contributed by atoms with van der Waals surface area (Å²) in [5.74, 6) is 1.12. The lowest BCUT2D eigenvalue weighted by molar-refractivity contribution is 0.327. The first kappa shape index (κ1) is 9.78. The second-order valence-corrected chi connectivity index (χ2v) is 4.85. The van der Waals surface area contributed by atoms with Crippen LogP contribution in [-0.2, 0) is 5.54 Å². The number of nitrogens with zero attached hydrogens (tertiary/aromatic N) is 2. The molecule has 84 valence electrons. The lowest BCUT2D eigenvalue weighted by Gasteiger charge is -2.19. The minimum atomic E-state index is -0.450. The molecular formula is C12H15N3O. The quantitative estimate of drug-likeness (QED) is 0.836. The molecule has 0 spiro atoms. The lowest BCUT2D eigenvalue weighted by atomic mass is 9.97. The second kappa shape index (κ2) is 3.04. The predicted octanol–water partition coefficient (Wildman–Crippen LogP) is 2.12. The number of oxazole rings is 1. The van der Waals surface area contributed by atoms with Crippen LogP contribution in [0.25, 0.3) is 11.2 Å². The van der Waals surface area contributed by atoms with Crippen molar-refractivity contribution in [3.05, 3.63) is 23.7 Å². The van der Waals surface area contributed by atoms with E-state index in [0.29, 0.717) is 17.5 Å². The second-order valence-electron chi connectivity index (χ2n) is 4.85. The molecule has 1 saturated carbocycles. The van der Waals surface area contributed by atoms with Crippen molar-refractivity contribution in [2.24, 2.45) is 11.7 Å². The summed E-state index contributed by atoms with van der Waals surface area (Å²) in [7, 11) is 0. The smallest absolute Gasteiger partial charge is 0.217 e. The Morgan fingerprint density at radius 2 is 2.12 bits per heavy atom.